The van der Waals surface area contributed by atoms with Crippen molar-refractivity contribution in [1.82, 2.24) is 5.32 Å². The smallest absolute Gasteiger partial charge is 0.149 e. The highest BCUT2D eigenvalue weighted by Gasteiger charge is 2.47. The second kappa shape index (κ2) is 35.8. The summed E-state index contributed by atoms with van der Waals surface area (Å²) in [6, 6.07) is 8.36. The normalized spacial score (nSPS) is 21.2. The Hall–Kier alpha value is -2.23. The molecule has 364 valence electrons. The molecule has 6 atom stereocenters. The van der Waals surface area contributed by atoms with E-state index in [4.69, 9.17) is 9.47 Å². The number of nitriles is 2. The van der Waals surface area contributed by atoms with Crippen molar-refractivity contribution in [3.05, 3.63) is 100 Å². The molecule has 0 spiro atoms. The predicted octanol–water partition coefficient (Wildman–Crippen LogP) is 17.6. The van der Waals surface area contributed by atoms with Gasteiger partial charge in [-0.25, -0.2) is 4.40 Å². The van der Waals surface area contributed by atoms with Gasteiger partial charge in [0.05, 0.1) is 40.6 Å². The van der Waals surface area contributed by atoms with Crippen molar-refractivity contribution in [2.45, 2.75) is 170 Å². The van der Waals surface area contributed by atoms with E-state index in [0.717, 1.165) is 69.4 Å². The maximum atomic E-state index is 9.68. The van der Waals surface area contributed by atoms with Gasteiger partial charge in [0, 0.05) is 26.2 Å². The molecule has 4 rings (SSSR count). The number of allylic oxidation sites excluding steroid dienone is 8. The first-order valence-corrected chi connectivity index (χ1v) is 28.9. The molecule has 66 heavy (non-hydrogen) atoms. The highest BCUT2D eigenvalue weighted by atomic mass is 127. The number of hydrogen-bond acceptors (Lipinski definition) is 10. The number of nitrogens with one attached hydrogen (secondary N) is 1. The summed E-state index contributed by atoms with van der Waals surface area (Å²) in [6.45, 7) is 21.2. The molecule has 1 aliphatic heterocycles. The molecule has 0 radical (unpaired) electrons. The lowest BCUT2D eigenvalue weighted by Gasteiger charge is -2.37. The maximum Gasteiger partial charge on any atom is 0.149 e. The summed E-state index contributed by atoms with van der Waals surface area (Å²) < 4.78 is 19.6. The number of ether oxygens (including phenoxy) is 2. The first kappa shape index (κ1) is 59.9. The number of thiol groups is 1. The summed E-state index contributed by atoms with van der Waals surface area (Å²) in [5, 5.41) is 22.9. The van der Waals surface area contributed by atoms with Gasteiger partial charge in [-0.05, 0) is 112 Å². The monoisotopic (exact) mass is 1080 g/mol. The molecule has 11 heteroatoms. The van der Waals surface area contributed by atoms with Crippen LogP contribution in [0.15, 0.2) is 94.8 Å². The Morgan fingerprint density at radius 2 is 1.68 bits per heavy atom. The van der Waals surface area contributed by atoms with Crippen molar-refractivity contribution in [3.8, 4) is 12.1 Å². The molecule has 1 fully saturated rings. The number of unbranched alkanes of at least 4 members (excludes halogenated alkanes) is 4. The molecule has 0 amide bonds. The zero-order valence-corrected chi connectivity index (χ0v) is 47.3. The van der Waals surface area contributed by atoms with E-state index in [0.29, 0.717) is 12.0 Å². The number of thiophene rings is 1. The van der Waals surface area contributed by atoms with Crippen molar-refractivity contribution < 1.29 is 9.47 Å². The number of nitrogens with zero attached hydrogens (tertiary/aromatic N) is 3. The summed E-state index contributed by atoms with van der Waals surface area (Å²) in [6.07, 6.45) is 34.8. The Labute approximate surface area is 433 Å². The molecule has 6 unspecified atom stereocenters. The Bertz CT molecular complexity index is 1940. The molecule has 1 aromatic rings. The fourth-order valence-electron chi connectivity index (χ4n) is 8.06. The van der Waals surface area contributed by atoms with Gasteiger partial charge >= 0.3 is 0 Å². The lowest BCUT2D eigenvalue weighted by atomic mass is 9.78. The molecular formula is C55H81IN4O2S4. The Balaban J connectivity index is 0.000000594. The van der Waals surface area contributed by atoms with Crippen LogP contribution in [-0.2, 0) is 9.47 Å². The van der Waals surface area contributed by atoms with Crippen LogP contribution in [-0.4, -0.2) is 43.4 Å². The molecule has 0 saturated carbocycles. The highest BCUT2D eigenvalue weighted by molar-refractivity contribution is 14.1. The fourth-order valence-corrected chi connectivity index (χ4v) is 12.9. The van der Waals surface area contributed by atoms with E-state index < -0.39 is 0 Å². The SMILES string of the molecule is CC.CC/C=C(\C)C1/C(=N/S)C(NC)C(c2ccc(/C=C/C=C(\C=C/I)OCC(CC)CCCCC)s2)=C2SC(=C(C#N)C#N)SC21.CCCCC1=CCC(OCC(CC)CCCC)C=C1. The highest BCUT2D eigenvalue weighted by Crippen LogP contribution is 2.60. The molecule has 0 aromatic carbocycles. The van der Waals surface area contributed by atoms with E-state index in [1.54, 1.807) is 34.9 Å². The third-order valence-electron chi connectivity index (χ3n) is 12.0. The van der Waals surface area contributed by atoms with Gasteiger partial charge in [-0.1, -0.05) is 183 Å². The van der Waals surface area contributed by atoms with Crippen molar-refractivity contribution >= 4 is 87.6 Å². The van der Waals surface area contributed by atoms with Crippen LogP contribution in [0.2, 0.25) is 0 Å². The van der Waals surface area contributed by atoms with Crippen LogP contribution in [0, 0.1) is 40.4 Å². The summed E-state index contributed by atoms with van der Waals surface area (Å²) in [7, 11) is 1.95. The number of fused-ring (bicyclic) bond motifs is 1. The van der Waals surface area contributed by atoms with Gasteiger partial charge < -0.3 is 14.8 Å². The topological polar surface area (TPSA) is 90.4 Å². The Kier molecular flexibility index (Phi) is 32.5. The molecule has 1 N–H and O–H groups in total. The van der Waals surface area contributed by atoms with Crippen molar-refractivity contribution in [2.24, 2.45) is 22.2 Å². The van der Waals surface area contributed by atoms with Gasteiger partial charge in [0.1, 0.15) is 23.5 Å². The number of hydrogen-bond donors (Lipinski definition) is 2. The molecule has 1 aromatic heterocycles. The molecule has 0 bridgehead atoms. The van der Waals surface area contributed by atoms with E-state index in [9.17, 15) is 10.5 Å². The van der Waals surface area contributed by atoms with E-state index in [1.807, 2.05) is 37.1 Å². The van der Waals surface area contributed by atoms with Crippen molar-refractivity contribution in [1.29, 1.82) is 10.5 Å². The van der Waals surface area contributed by atoms with Gasteiger partial charge in [0.2, 0.25) is 0 Å². The van der Waals surface area contributed by atoms with Crippen molar-refractivity contribution in [3.63, 3.8) is 0 Å². The van der Waals surface area contributed by atoms with E-state index in [1.165, 1.54) is 86.7 Å². The Morgan fingerprint density at radius 1 is 0.985 bits per heavy atom. The third kappa shape index (κ3) is 19.6. The van der Waals surface area contributed by atoms with Crippen LogP contribution >= 0.6 is 70.3 Å². The third-order valence-corrected chi connectivity index (χ3v) is 16.6. The minimum atomic E-state index is -0.146. The quantitative estimate of drug-likeness (QED) is 0.0192. The van der Waals surface area contributed by atoms with E-state index >= 15 is 0 Å². The minimum absolute atomic E-state index is 0.0140. The standard InChI is InChI=1S/C35H43IN4OS4.C18H32O.C2H6/c1-6-9-10-13-24(8-3)22-41-26(18-19-36)14-11-15-27-16-17-28(43-27)30-31(39-5)32(40-42)29(23(4)12-7-2)33-34(30)45-35(44-33)25(20-37)21-38;1-4-7-9-16(6-3)15-19-18-13-11-17(12-14-18)10-8-5-2;1-2/h11-12,14-19,24,29,31,33,39,42H,6-10,13,22H2,1-5H3;11-13,16,18H,4-10,14-15H2,1-3H3;1-2H3/b15-11+,19-18-,23-12+,26-14+,40-32-;;. The Morgan fingerprint density at radius 3 is 2.27 bits per heavy atom. The number of halogens is 1. The first-order valence-electron chi connectivity index (χ1n) is 24.8. The summed E-state index contributed by atoms with van der Waals surface area (Å²) in [5.41, 5.74) is 4.99. The molecule has 2 aliphatic carbocycles. The average Bonchev–Trinajstić information content (AvgIpc) is 4.00. The second-order valence-electron chi connectivity index (χ2n) is 16.7. The lowest BCUT2D eigenvalue weighted by molar-refractivity contribution is 0.0537. The zero-order chi connectivity index (χ0) is 48.7. The van der Waals surface area contributed by atoms with Crippen molar-refractivity contribution in [2.75, 3.05) is 20.3 Å². The minimum Gasteiger partial charge on any atom is -0.493 e. The summed E-state index contributed by atoms with van der Waals surface area (Å²) in [5.74, 6) is 2.20. The van der Waals surface area contributed by atoms with Gasteiger partial charge in [0.25, 0.3) is 0 Å². The number of likely N-dealkylation sites (N-methyl/N-ethyl adjacent to an activating group) is 1. The number of rotatable bonds is 25. The average molecular weight is 1090 g/mol. The van der Waals surface area contributed by atoms with Gasteiger partial charge in [-0.3, -0.25) is 0 Å². The first-order chi connectivity index (χ1) is 32.2. The fraction of sp³-hybridized carbons (Fsp3) is 0.582. The maximum absolute atomic E-state index is 9.68. The van der Waals surface area contributed by atoms with E-state index in [2.05, 4.69) is 154 Å². The molecule has 3 aliphatic rings. The molecule has 6 nitrogen and oxygen atoms in total. The van der Waals surface area contributed by atoms with Gasteiger partial charge in [-0.2, -0.15) is 10.5 Å². The van der Waals surface area contributed by atoms with Crippen LogP contribution in [0.4, 0.5) is 0 Å². The zero-order valence-electron chi connectivity index (χ0n) is 41.8. The molecular weight excluding hydrogens is 1000 g/mol. The summed E-state index contributed by atoms with van der Waals surface area (Å²) >= 11 is 11.6. The van der Waals surface area contributed by atoms with Crippen LogP contribution in [0.25, 0.3) is 11.6 Å². The van der Waals surface area contributed by atoms with Gasteiger partial charge in [0.15, 0.2) is 0 Å². The predicted molar refractivity (Wildman–Crippen MR) is 305 cm³/mol. The van der Waals surface area contributed by atoms with Crippen LogP contribution in [0.5, 0.6) is 0 Å². The largest absolute Gasteiger partial charge is 0.493 e. The van der Waals surface area contributed by atoms with Crippen LogP contribution in [0.1, 0.15) is 162 Å². The number of thioether (sulfide) groups is 2. The molecule has 2 heterocycles. The molecule has 1 saturated heterocycles. The van der Waals surface area contributed by atoms with Crippen LogP contribution < -0.4 is 5.32 Å². The lowest BCUT2D eigenvalue weighted by Crippen LogP contribution is -2.46. The van der Waals surface area contributed by atoms with E-state index in [-0.39, 0.29) is 22.8 Å². The van der Waals surface area contributed by atoms with Gasteiger partial charge in [-0.15, -0.1) is 23.1 Å². The van der Waals surface area contributed by atoms with Crippen LogP contribution in [0.3, 0.4) is 0 Å². The summed E-state index contributed by atoms with van der Waals surface area (Å²) in [4.78, 5) is 3.44. The second-order valence-corrected chi connectivity index (χ2v) is 21.2.